The minimum Gasteiger partial charge on any atom is -0.462 e. The first-order valence-electron chi connectivity index (χ1n) is 15.8. The van der Waals surface area contributed by atoms with E-state index in [1.807, 2.05) is 0 Å². The van der Waals surface area contributed by atoms with Gasteiger partial charge < -0.3 is 14.6 Å². The summed E-state index contributed by atoms with van der Waals surface area (Å²) in [5.74, 6) is -0.652. The molecule has 5 heteroatoms. The molecule has 40 heavy (non-hydrogen) atoms. The van der Waals surface area contributed by atoms with E-state index in [2.05, 4.69) is 74.6 Å². The molecule has 0 heterocycles. The molecule has 0 radical (unpaired) electrons. The van der Waals surface area contributed by atoms with Crippen molar-refractivity contribution < 1.29 is 24.2 Å². The van der Waals surface area contributed by atoms with E-state index in [1.165, 1.54) is 19.3 Å². The van der Waals surface area contributed by atoms with Gasteiger partial charge in [0.25, 0.3) is 0 Å². The van der Waals surface area contributed by atoms with Gasteiger partial charge in [-0.3, -0.25) is 9.59 Å². The average molecular weight is 559 g/mol. The number of allylic oxidation sites excluding steroid dienone is 10. The van der Waals surface area contributed by atoms with Crippen LogP contribution in [-0.2, 0) is 19.1 Å². The van der Waals surface area contributed by atoms with Crippen LogP contribution in [-0.4, -0.2) is 36.4 Å². The van der Waals surface area contributed by atoms with Gasteiger partial charge in [0.05, 0.1) is 6.61 Å². The number of hydrogen-bond donors (Lipinski definition) is 1. The average Bonchev–Trinajstić information content (AvgIpc) is 2.96. The highest BCUT2D eigenvalue weighted by Gasteiger charge is 2.16. The summed E-state index contributed by atoms with van der Waals surface area (Å²) in [6, 6.07) is 0. The molecule has 0 rings (SSSR count). The summed E-state index contributed by atoms with van der Waals surface area (Å²) < 4.78 is 10.5. The number of ether oxygens (including phenoxy) is 2. The second-order valence-corrected chi connectivity index (χ2v) is 10.1. The zero-order valence-electron chi connectivity index (χ0n) is 25.6. The molecule has 0 aromatic carbocycles. The molecule has 228 valence electrons. The molecule has 0 saturated heterocycles. The Labute approximate surface area is 245 Å². The molecule has 1 atom stereocenters. The Bertz CT molecular complexity index is 732. The molecule has 0 spiro atoms. The van der Waals surface area contributed by atoms with Crippen molar-refractivity contribution >= 4 is 11.9 Å². The third kappa shape index (κ3) is 28.6. The van der Waals surface area contributed by atoms with E-state index >= 15 is 0 Å². The lowest BCUT2D eigenvalue weighted by molar-refractivity contribution is -0.161. The molecule has 0 fully saturated rings. The Balaban J connectivity index is 3.70. The molecule has 0 bridgehead atoms. The third-order valence-electron chi connectivity index (χ3n) is 6.28. The van der Waals surface area contributed by atoms with E-state index in [1.54, 1.807) is 0 Å². The Hall–Kier alpha value is -2.40. The van der Waals surface area contributed by atoms with Gasteiger partial charge in [0.2, 0.25) is 0 Å². The number of aliphatic hydroxyl groups excluding tert-OH is 1. The van der Waals surface area contributed by atoms with E-state index in [4.69, 9.17) is 9.47 Å². The van der Waals surface area contributed by atoms with Crippen LogP contribution in [0.5, 0.6) is 0 Å². The molecule has 0 saturated carbocycles. The fourth-order valence-electron chi connectivity index (χ4n) is 3.90. The number of unbranched alkanes of at least 4 members (excludes halogenated alkanes) is 9. The van der Waals surface area contributed by atoms with Gasteiger partial charge in [0.1, 0.15) is 6.61 Å². The van der Waals surface area contributed by atoms with Gasteiger partial charge >= 0.3 is 11.9 Å². The van der Waals surface area contributed by atoms with Crippen molar-refractivity contribution in [2.45, 2.75) is 136 Å². The van der Waals surface area contributed by atoms with Crippen molar-refractivity contribution in [1.82, 2.24) is 0 Å². The van der Waals surface area contributed by atoms with Crippen LogP contribution in [0.1, 0.15) is 129 Å². The Kier molecular flexibility index (Phi) is 29.3. The predicted molar refractivity (Wildman–Crippen MR) is 168 cm³/mol. The second-order valence-electron chi connectivity index (χ2n) is 10.1. The lowest BCUT2D eigenvalue weighted by Gasteiger charge is -2.15. The van der Waals surface area contributed by atoms with Crippen LogP contribution in [0, 0.1) is 0 Å². The number of carbonyl (C=O) groups excluding carboxylic acids is 2. The normalized spacial score (nSPS) is 13.0. The number of esters is 2. The first-order chi connectivity index (χ1) is 19.6. The smallest absolute Gasteiger partial charge is 0.306 e. The SMILES string of the molecule is CC/C=C\C/C=C\C/C=C\CCCCCC(=O)OC(CO)COC(=O)CCCCCCC/C=C\C/C=C\CCC. The molecule has 0 aliphatic rings. The Morgan fingerprint density at radius 1 is 0.600 bits per heavy atom. The van der Waals surface area contributed by atoms with Crippen LogP contribution in [0.15, 0.2) is 60.8 Å². The molecule has 5 nitrogen and oxygen atoms in total. The maximum atomic E-state index is 12.1. The van der Waals surface area contributed by atoms with E-state index in [-0.39, 0.29) is 25.2 Å². The number of carbonyl (C=O) groups is 2. The van der Waals surface area contributed by atoms with Crippen molar-refractivity contribution in [3.63, 3.8) is 0 Å². The molecular formula is C35H58O5. The topological polar surface area (TPSA) is 72.8 Å². The highest BCUT2D eigenvalue weighted by Crippen LogP contribution is 2.10. The molecule has 0 aromatic heterocycles. The van der Waals surface area contributed by atoms with Gasteiger partial charge in [-0.2, -0.15) is 0 Å². The zero-order valence-corrected chi connectivity index (χ0v) is 25.6. The summed E-state index contributed by atoms with van der Waals surface area (Å²) in [6.45, 7) is 3.88. The van der Waals surface area contributed by atoms with Crippen LogP contribution < -0.4 is 0 Å². The quantitative estimate of drug-likeness (QED) is 0.0618. The predicted octanol–water partition coefficient (Wildman–Crippen LogP) is 9.28. The van der Waals surface area contributed by atoms with E-state index in [0.29, 0.717) is 12.8 Å². The number of rotatable bonds is 27. The molecular weight excluding hydrogens is 500 g/mol. The summed E-state index contributed by atoms with van der Waals surface area (Å²) in [5.41, 5.74) is 0. The standard InChI is InChI=1S/C35H58O5/c1-3-5-7-9-11-13-15-17-19-21-23-25-27-29-34(37)39-32-33(31-36)40-35(38)30-28-26-24-22-20-18-16-14-12-10-8-6-4-2/h6-9,12-15,18,20,33,36H,3-5,10-11,16-17,19,21-32H2,1-2H3/b8-6-,9-7-,14-12-,15-13-,20-18-. The highest BCUT2D eigenvalue weighted by atomic mass is 16.6. The summed E-state index contributed by atoms with van der Waals surface area (Å²) in [4.78, 5) is 24.0. The van der Waals surface area contributed by atoms with Crippen molar-refractivity contribution in [1.29, 1.82) is 0 Å². The number of aliphatic hydroxyl groups is 1. The lowest BCUT2D eigenvalue weighted by Crippen LogP contribution is -2.28. The zero-order chi connectivity index (χ0) is 29.4. The summed E-state index contributed by atoms with van der Waals surface area (Å²) in [5, 5.41) is 9.48. The van der Waals surface area contributed by atoms with Gasteiger partial charge in [-0.25, -0.2) is 0 Å². The van der Waals surface area contributed by atoms with Crippen LogP contribution in [0.25, 0.3) is 0 Å². The summed E-state index contributed by atoms with van der Waals surface area (Å²) >= 11 is 0. The van der Waals surface area contributed by atoms with Crippen molar-refractivity contribution in [2.24, 2.45) is 0 Å². The second kappa shape index (κ2) is 31.1. The fourth-order valence-corrected chi connectivity index (χ4v) is 3.90. The van der Waals surface area contributed by atoms with E-state index < -0.39 is 6.10 Å². The highest BCUT2D eigenvalue weighted by molar-refractivity contribution is 5.70. The summed E-state index contributed by atoms with van der Waals surface area (Å²) in [6.07, 6.45) is 38.4. The minimum atomic E-state index is -0.792. The van der Waals surface area contributed by atoms with Gasteiger partial charge in [0, 0.05) is 12.8 Å². The molecule has 0 amide bonds. The van der Waals surface area contributed by atoms with Gasteiger partial charge in [-0.15, -0.1) is 0 Å². The van der Waals surface area contributed by atoms with Crippen molar-refractivity contribution in [3.8, 4) is 0 Å². The lowest BCUT2D eigenvalue weighted by atomic mass is 10.1. The van der Waals surface area contributed by atoms with Crippen LogP contribution in [0.2, 0.25) is 0 Å². The largest absolute Gasteiger partial charge is 0.462 e. The molecule has 0 aromatic rings. The Morgan fingerprint density at radius 2 is 1.07 bits per heavy atom. The van der Waals surface area contributed by atoms with E-state index in [9.17, 15) is 14.7 Å². The first kappa shape index (κ1) is 37.6. The maximum absolute atomic E-state index is 12.1. The van der Waals surface area contributed by atoms with Crippen molar-refractivity contribution in [2.75, 3.05) is 13.2 Å². The van der Waals surface area contributed by atoms with Crippen LogP contribution >= 0.6 is 0 Å². The van der Waals surface area contributed by atoms with Crippen molar-refractivity contribution in [3.05, 3.63) is 60.8 Å². The fraction of sp³-hybridized carbons (Fsp3) is 0.657. The van der Waals surface area contributed by atoms with Crippen LogP contribution in [0.4, 0.5) is 0 Å². The number of hydrogen-bond acceptors (Lipinski definition) is 5. The van der Waals surface area contributed by atoms with E-state index in [0.717, 1.165) is 83.5 Å². The minimum absolute atomic E-state index is 0.0881. The maximum Gasteiger partial charge on any atom is 0.306 e. The Morgan fingerprint density at radius 3 is 1.65 bits per heavy atom. The third-order valence-corrected chi connectivity index (χ3v) is 6.28. The van der Waals surface area contributed by atoms with Gasteiger partial charge in [-0.1, -0.05) is 107 Å². The molecule has 0 aliphatic carbocycles. The summed E-state index contributed by atoms with van der Waals surface area (Å²) in [7, 11) is 0. The molecule has 0 aliphatic heterocycles. The van der Waals surface area contributed by atoms with Gasteiger partial charge in [0.15, 0.2) is 6.10 Å². The van der Waals surface area contributed by atoms with Gasteiger partial charge in [-0.05, 0) is 70.6 Å². The monoisotopic (exact) mass is 558 g/mol. The molecule has 1 N–H and O–H groups in total. The first-order valence-corrected chi connectivity index (χ1v) is 15.8. The van der Waals surface area contributed by atoms with Crippen LogP contribution in [0.3, 0.4) is 0 Å². The molecule has 1 unspecified atom stereocenters.